The van der Waals surface area contributed by atoms with Gasteiger partial charge >= 0.3 is 0 Å². The summed E-state index contributed by atoms with van der Waals surface area (Å²) in [6.07, 6.45) is 0. The topological polar surface area (TPSA) is 9.86 Å². The first-order valence-corrected chi connectivity index (χ1v) is 20.6. The van der Waals surface area contributed by atoms with Crippen molar-refractivity contribution in [1.82, 2.24) is 9.13 Å². The van der Waals surface area contributed by atoms with E-state index in [1.807, 2.05) is 0 Å². The summed E-state index contributed by atoms with van der Waals surface area (Å²) in [5.41, 5.74) is 19.7. The van der Waals surface area contributed by atoms with E-state index in [1.54, 1.807) is 0 Å². The van der Waals surface area contributed by atoms with E-state index in [0.29, 0.717) is 0 Å². The number of hydrogen-bond donors (Lipinski definition) is 0. The minimum absolute atomic E-state index is 0.120. The average molecular weight is 753 g/mol. The van der Waals surface area contributed by atoms with Crippen molar-refractivity contribution in [3.63, 3.8) is 0 Å². The van der Waals surface area contributed by atoms with Gasteiger partial charge in [-0.05, 0) is 117 Å². The molecule has 1 aliphatic rings. The standard InChI is InChI=1S/C57H40N2/c1-57(2)50-24-14-12-22-43(50)46-35-49-48-33-39(37-16-6-3-7-17-37)26-31-55(48)59(56(49)36-51(46)57)53-29-27-40(32-45(53)38-18-8-4-9-19-38)41-28-30-54-47(34-41)44-23-13-15-25-52(44)58(54)42-20-10-5-11-21-42/h3-36H,1-2H3. The van der Waals surface area contributed by atoms with Crippen molar-refractivity contribution in [3.8, 4) is 55.9 Å². The average Bonchev–Trinajstić information content (AvgIpc) is 3.88. The lowest BCUT2D eigenvalue weighted by molar-refractivity contribution is 0.661. The number of hydrogen-bond acceptors (Lipinski definition) is 0. The fourth-order valence-electron chi connectivity index (χ4n) is 10.1. The molecule has 0 radical (unpaired) electrons. The lowest BCUT2D eigenvalue weighted by atomic mass is 9.82. The van der Waals surface area contributed by atoms with Crippen molar-refractivity contribution < 1.29 is 0 Å². The monoisotopic (exact) mass is 752 g/mol. The third-order valence-corrected chi connectivity index (χ3v) is 12.9. The molecule has 2 heterocycles. The summed E-state index contributed by atoms with van der Waals surface area (Å²) in [5.74, 6) is 0. The molecule has 0 atom stereocenters. The second-order valence-electron chi connectivity index (χ2n) is 16.5. The molecule has 11 aromatic rings. The molecule has 2 nitrogen and oxygen atoms in total. The van der Waals surface area contributed by atoms with Gasteiger partial charge in [0.15, 0.2) is 0 Å². The molecular formula is C57H40N2. The van der Waals surface area contributed by atoms with E-state index in [1.165, 1.54) is 111 Å². The highest BCUT2D eigenvalue weighted by Gasteiger charge is 2.36. The molecule has 278 valence electrons. The van der Waals surface area contributed by atoms with Crippen LogP contribution in [0.5, 0.6) is 0 Å². The maximum absolute atomic E-state index is 2.53. The summed E-state index contributed by atoms with van der Waals surface area (Å²) in [6, 6.07) is 76.1. The first-order chi connectivity index (χ1) is 29.0. The van der Waals surface area contributed by atoms with E-state index < -0.39 is 0 Å². The Morgan fingerprint density at radius 2 is 0.847 bits per heavy atom. The normalized spacial score (nSPS) is 13.1. The van der Waals surface area contributed by atoms with Crippen LogP contribution < -0.4 is 0 Å². The first kappa shape index (κ1) is 33.7. The molecule has 0 aliphatic heterocycles. The molecule has 1 aliphatic carbocycles. The quantitative estimate of drug-likeness (QED) is 0.166. The van der Waals surface area contributed by atoms with Gasteiger partial charge in [0.25, 0.3) is 0 Å². The lowest BCUT2D eigenvalue weighted by Gasteiger charge is -2.22. The van der Waals surface area contributed by atoms with Crippen LogP contribution >= 0.6 is 0 Å². The van der Waals surface area contributed by atoms with Crippen LogP contribution in [0.3, 0.4) is 0 Å². The van der Waals surface area contributed by atoms with Crippen molar-refractivity contribution in [2.75, 3.05) is 0 Å². The zero-order chi connectivity index (χ0) is 39.2. The van der Waals surface area contributed by atoms with Crippen LogP contribution in [0.2, 0.25) is 0 Å². The highest BCUT2D eigenvalue weighted by molar-refractivity contribution is 6.14. The fourth-order valence-corrected chi connectivity index (χ4v) is 10.1. The van der Waals surface area contributed by atoms with Crippen molar-refractivity contribution >= 4 is 43.6 Å². The van der Waals surface area contributed by atoms with Crippen molar-refractivity contribution in [3.05, 3.63) is 217 Å². The molecular weight excluding hydrogens is 713 g/mol. The molecule has 0 unspecified atom stereocenters. The molecule has 2 heteroatoms. The van der Waals surface area contributed by atoms with E-state index in [2.05, 4.69) is 229 Å². The van der Waals surface area contributed by atoms with E-state index in [-0.39, 0.29) is 5.41 Å². The Labute approximate surface area is 343 Å². The smallest absolute Gasteiger partial charge is 0.0544 e. The van der Waals surface area contributed by atoms with Crippen LogP contribution in [-0.2, 0) is 5.41 Å². The SMILES string of the molecule is CC1(C)c2ccccc2-c2cc3c4cc(-c5ccccc5)ccc4n(-c4ccc(-c5ccc6c(c5)c5ccccc5n6-c5ccccc5)cc4-c4ccccc4)c3cc21. The number of fused-ring (bicyclic) bond motifs is 9. The van der Waals surface area contributed by atoms with Gasteiger partial charge in [0.2, 0.25) is 0 Å². The van der Waals surface area contributed by atoms with Gasteiger partial charge in [-0.15, -0.1) is 0 Å². The number of rotatable bonds is 5. The molecule has 12 rings (SSSR count). The third-order valence-electron chi connectivity index (χ3n) is 12.9. The maximum Gasteiger partial charge on any atom is 0.0544 e. The molecule has 0 amide bonds. The largest absolute Gasteiger partial charge is 0.309 e. The molecule has 0 saturated carbocycles. The summed E-state index contributed by atoms with van der Waals surface area (Å²) in [5, 5.41) is 5.04. The van der Waals surface area contributed by atoms with Crippen LogP contribution in [0.25, 0.3) is 99.5 Å². The van der Waals surface area contributed by atoms with Gasteiger partial charge in [0.05, 0.1) is 27.8 Å². The van der Waals surface area contributed by atoms with E-state index in [4.69, 9.17) is 0 Å². The second-order valence-corrected chi connectivity index (χ2v) is 16.5. The van der Waals surface area contributed by atoms with Gasteiger partial charge in [0, 0.05) is 38.2 Å². The zero-order valence-corrected chi connectivity index (χ0v) is 33.0. The molecule has 59 heavy (non-hydrogen) atoms. The van der Waals surface area contributed by atoms with E-state index >= 15 is 0 Å². The summed E-state index contributed by atoms with van der Waals surface area (Å²) < 4.78 is 4.91. The van der Waals surface area contributed by atoms with E-state index in [9.17, 15) is 0 Å². The number of aromatic nitrogens is 2. The Balaban J connectivity index is 1.11. The second kappa shape index (κ2) is 12.8. The van der Waals surface area contributed by atoms with Crippen LogP contribution in [0, 0.1) is 0 Å². The Kier molecular flexibility index (Phi) is 7.31. The molecule has 0 saturated heterocycles. The van der Waals surface area contributed by atoms with Crippen LogP contribution in [-0.4, -0.2) is 9.13 Å². The van der Waals surface area contributed by atoms with Gasteiger partial charge in [-0.3, -0.25) is 0 Å². The minimum Gasteiger partial charge on any atom is -0.309 e. The van der Waals surface area contributed by atoms with Crippen molar-refractivity contribution in [1.29, 1.82) is 0 Å². The predicted molar refractivity (Wildman–Crippen MR) is 249 cm³/mol. The van der Waals surface area contributed by atoms with Crippen LogP contribution in [0.4, 0.5) is 0 Å². The minimum atomic E-state index is -0.120. The lowest BCUT2D eigenvalue weighted by Crippen LogP contribution is -2.15. The van der Waals surface area contributed by atoms with Crippen LogP contribution in [0.15, 0.2) is 206 Å². The molecule has 9 aromatic carbocycles. The van der Waals surface area contributed by atoms with Crippen molar-refractivity contribution in [2.45, 2.75) is 19.3 Å². The third kappa shape index (κ3) is 5.06. The predicted octanol–water partition coefficient (Wildman–Crippen LogP) is 15.2. The van der Waals surface area contributed by atoms with Gasteiger partial charge in [-0.1, -0.05) is 153 Å². The number of benzene rings is 9. The van der Waals surface area contributed by atoms with Crippen molar-refractivity contribution in [2.24, 2.45) is 0 Å². The number of para-hydroxylation sites is 2. The van der Waals surface area contributed by atoms with Crippen LogP contribution in [0.1, 0.15) is 25.0 Å². The van der Waals surface area contributed by atoms with Gasteiger partial charge in [-0.25, -0.2) is 0 Å². The van der Waals surface area contributed by atoms with Gasteiger partial charge in [0.1, 0.15) is 0 Å². The highest BCUT2D eigenvalue weighted by Crippen LogP contribution is 2.51. The summed E-state index contributed by atoms with van der Waals surface area (Å²) in [7, 11) is 0. The molecule has 0 bridgehead atoms. The van der Waals surface area contributed by atoms with Gasteiger partial charge in [-0.2, -0.15) is 0 Å². The molecule has 0 fully saturated rings. The Morgan fingerprint density at radius 3 is 1.61 bits per heavy atom. The Morgan fingerprint density at radius 1 is 0.305 bits per heavy atom. The molecule has 0 N–H and O–H groups in total. The zero-order valence-electron chi connectivity index (χ0n) is 33.0. The first-order valence-electron chi connectivity index (χ1n) is 20.6. The molecule has 2 aromatic heterocycles. The number of nitrogens with zero attached hydrogens (tertiary/aromatic N) is 2. The fraction of sp³-hybridized carbons (Fsp3) is 0.0526. The summed E-state index contributed by atoms with van der Waals surface area (Å²) in [4.78, 5) is 0. The van der Waals surface area contributed by atoms with Gasteiger partial charge < -0.3 is 9.13 Å². The van der Waals surface area contributed by atoms with E-state index in [0.717, 1.165) is 0 Å². The highest BCUT2D eigenvalue weighted by atomic mass is 15.0. The Bertz CT molecular complexity index is 3440. The summed E-state index contributed by atoms with van der Waals surface area (Å²) in [6.45, 7) is 4.75. The maximum atomic E-state index is 2.53. The molecule has 0 spiro atoms. The summed E-state index contributed by atoms with van der Waals surface area (Å²) >= 11 is 0. The Hall–Kier alpha value is -7.42.